The molecule has 0 aliphatic rings. The van der Waals surface area contributed by atoms with E-state index >= 15 is 0 Å². The van der Waals surface area contributed by atoms with E-state index in [4.69, 9.17) is 25.5 Å². The SMILES string of the molecule is Cc1cc(=O)oc2cc(OCCOc3ccc(F)cc3)c(Cl)cc12. The number of hydrogen-bond acceptors (Lipinski definition) is 4. The maximum absolute atomic E-state index is 12.8. The maximum atomic E-state index is 12.8. The molecule has 4 nitrogen and oxygen atoms in total. The van der Waals surface area contributed by atoms with Gasteiger partial charge in [-0.15, -0.1) is 0 Å². The number of rotatable bonds is 5. The Morgan fingerprint density at radius 2 is 1.79 bits per heavy atom. The van der Waals surface area contributed by atoms with Gasteiger partial charge in [0.2, 0.25) is 0 Å². The minimum Gasteiger partial charge on any atom is -0.490 e. The summed E-state index contributed by atoms with van der Waals surface area (Å²) in [6, 6.07) is 10.4. The van der Waals surface area contributed by atoms with Crippen LogP contribution in [-0.4, -0.2) is 13.2 Å². The number of ether oxygens (including phenoxy) is 2. The summed E-state index contributed by atoms with van der Waals surface area (Å²) in [6.45, 7) is 2.31. The zero-order valence-electron chi connectivity index (χ0n) is 12.8. The molecule has 6 heteroatoms. The van der Waals surface area contributed by atoms with Crippen LogP contribution in [0.3, 0.4) is 0 Å². The van der Waals surface area contributed by atoms with E-state index in [2.05, 4.69) is 0 Å². The first-order valence-electron chi connectivity index (χ1n) is 7.28. The third-order valence-corrected chi connectivity index (χ3v) is 3.72. The van der Waals surface area contributed by atoms with Crippen LogP contribution in [0.25, 0.3) is 11.0 Å². The molecule has 0 unspecified atom stereocenters. The highest BCUT2D eigenvalue weighted by molar-refractivity contribution is 6.32. The molecular formula is C18H14ClFO4. The van der Waals surface area contributed by atoms with Gasteiger partial charge in [-0.25, -0.2) is 9.18 Å². The zero-order valence-corrected chi connectivity index (χ0v) is 13.6. The second-order valence-corrected chi connectivity index (χ2v) is 5.59. The van der Waals surface area contributed by atoms with Gasteiger partial charge in [-0.05, 0) is 42.8 Å². The maximum Gasteiger partial charge on any atom is 0.336 e. The van der Waals surface area contributed by atoms with Crippen LogP contribution in [0.5, 0.6) is 11.5 Å². The molecule has 0 N–H and O–H groups in total. The van der Waals surface area contributed by atoms with E-state index in [1.165, 1.54) is 30.3 Å². The van der Waals surface area contributed by atoms with Crippen molar-refractivity contribution < 1.29 is 18.3 Å². The van der Waals surface area contributed by atoms with Gasteiger partial charge in [0.05, 0.1) is 5.02 Å². The van der Waals surface area contributed by atoms with Gasteiger partial charge in [0.1, 0.15) is 36.1 Å². The monoisotopic (exact) mass is 348 g/mol. The normalized spacial score (nSPS) is 10.8. The van der Waals surface area contributed by atoms with Crippen LogP contribution < -0.4 is 15.1 Å². The summed E-state index contributed by atoms with van der Waals surface area (Å²) < 4.78 is 29.0. The number of benzene rings is 2. The van der Waals surface area contributed by atoms with Gasteiger partial charge in [0, 0.05) is 17.5 Å². The number of hydrogen-bond donors (Lipinski definition) is 0. The minimum atomic E-state index is -0.423. The summed E-state index contributed by atoms with van der Waals surface area (Å²) in [4.78, 5) is 11.5. The fraction of sp³-hybridized carbons (Fsp3) is 0.167. The molecule has 0 saturated carbocycles. The van der Waals surface area contributed by atoms with E-state index < -0.39 is 5.63 Å². The summed E-state index contributed by atoms with van der Waals surface area (Å²) >= 11 is 6.20. The predicted octanol–water partition coefficient (Wildman–Crippen LogP) is 4.35. The minimum absolute atomic E-state index is 0.235. The van der Waals surface area contributed by atoms with Crippen LogP contribution in [-0.2, 0) is 0 Å². The molecule has 3 rings (SSSR count). The van der Waals surface area contributed by atoms with Crippen molar-refractivity contribution in [2.45, 2.75) is 6.92 Å². The molecule has 0 bridgehead atoms. The number of aryl methyl sites for hydroxylation is 1. The fourth-order valence-electron chi connectivity index (χ4n) is 2.27. The molecule has 0 atom stereocenters. The standard InChI is InChI=1S/C18H14ClFO4/c1-11-8-18(21)24-16-10-17(15(19)9-14(11)16)23-7-6-22-13-4-2-12(20)3-5-13/h2-5,8-10H,6-7H2,1H3. The van der Waals surface area contributed by atoms with Crippen molar-refractivity contribution in [1.29, 1.82) is 0 Å². The molecule has 0 fully saturated rings. The van der Waals surface area contributed by atoms with Crippen molar-refractivity contribution in [2.24, 2.45) is 0 Å². The third-order valence-electron chi connectivity index (χ3n) is 3.43. The van der Waals surface area contributed by atoms with Crippen molar-refractivity contribution in [1.82, 2.24) is 0 Å². The van der Waals surface area contributed by atoms with E-state index in [1.807, 2.05) is 6.92 Å². The Hall–Kier alpha value is -2.53. The lowest BCUT2D eigenvalue weighted by Gasteiger charge is -2.11. The number of halogens is 2. The average molecular weight is 349 g/mol. The van der Waals surface area contributed by atoms with Crippen molar-refractivity contribution in [3.63, 3.8) is 0 Å². The molecule has 0 spiro atoms. The highest BCUT2D eigenvalue weighted by atomic mass is 35.5. The largest absolute Gasteiger partial charge is 0.490 e. The lowest BCUT2D eigenvalue weighted by atomic mass is 10.1. The van der Waals surface area contributed by atoms with E-state index in [-0.39, 0.29) is 19.0 Å². The topological polar surface area (TPSA) is 48.7 Å². The van der Waals surface area contributed by atoms with Crippen molar-refractivity contribution in [2.75, 3.05) is 13.2 Å². The second kappa shape index (κ2) is 6.93. The molecule has 124 valence electrons. The second-order valence-electron chi connectivity index (χ2n) is 5.18. The molecule has 0 aliphatic heterocycles. The Balaban J connectivity index is 1.67. The van der Waals surface area contributed by atoms with E-state index in [1.54, 1.807) is 12.1 Å². The van der Waals surface area contributed by atoms with Crippen LogP contribution in [0.15, 0.2) is 51.7 Å². The lowest BCUT2D eigenvalue weighted by Crippen LogP contribution is -2.09. The first-order valence-corrected chi connectivity index (χ1v) is 7.66. The van der Waals surface area contributed by atoms with E-state index in [9.17, 15) is 9.18 Å². The fourth-order valence-corrected chi connectivity index (χ4v) is 2.49. The average Bonchev–Trinajstić information content (AvgIpc) is 2.54. The van der Waals surface area contributed by atoms with Gasteiger partial charge < -0.3 is 13.9 Å². The lowest BCUT2D eigenvalue weighted by molar-refractivity contribution is 0.217. The van der Waals surface area contributed by atoms with Crippen molar-refractivity contribution in [3.8, 4) is 11.5 Å². The smallest absolute Gasteiger partial charge is 0.336 e. The Labute approximate surface area is 142 Å². The molecule has 0 aliphatic carbocycles. The molecular weight excluding hydrogens is 335 g/mol. The van der Waals surface area contributed by atoms with E-state index in [0.717, 1.165) is 10.9 Å². The first kappa shape index (κ1) is 16.3. The summed E-state index contributed by atoms with van der Waals surface area (Å²) in [7, 11) is 0. The molecule has 1 heterocycles. The van der Waals surface area contributed by atoms with Crippen LogP contribution >= 0.6 is 11.6 Å². The summed E-state index contributed by atoms with van der Waals surface area (Å²) in [5.41, 5.74) is 0.779. The zero-order chi connectivity index (χ0) is 17.1. The first-order chi connectivity index (χ1) is 11.5. The van der Waals surface area contributed by atoms with Crippen LogP contribution in [0.2, 0.25) is 5.02 Å². The number of fused-ring (bicyclic) bond motifs is 1. The Morgan fingerprint density at radius 3 is 2.54 bits per heavy atom. The molecule has 2 aromatic carbocycles. The Morgan fingerprint density at radius 1 is 1.08 bits per heavy atom. The summed E-state index contributed by atoms with van der Waals surface area (Å²) in [5.74, 6) is 0.630. The van der Waals surface area contributed by atoms with E-state index in [0.29, 0.717) is 22.1 Å². The molecule has 0 amide bonds. The van der Waals surface area contributed by atoms with Crippen molar-refractivity contribution >= 4 is 22.6 Å². The Kier molecular flexibility index (Phi) is 4.71. The predicted molar refractivity (Wildman–Crippen MR) is 89.6 cm³/mol. The molecule has 0 saturated heterocycles. The molecule has 24 heavy (non-hydrogen) atoms. The van der Waals surface area contributed by atoms with Gasteiger partial charge in [0.25, 0.3) is 0 Å². The summed E-state index contributed by atoms with van der Waals surface area (Å²) in [6.07, 6.45) is 0. The van der Waals surface area contributed by atoms with Gasteiger partial charge in [-0.1, -0.05) is 11.6 Å². The van der Waals surface area contributed by atoms with Gasteiger partial charge in [0.15, 0.2) is 0 Å². The van der Waals surface area contributed by atoms with Crippen LogP contribution in [0.4, 0.5) is 4.39 Å². The Bertz CT molecular complexity index is 919. The van der Waals surface area contributed by atoms with Gasteiger partial charge in [-0.2, -0.15) is 0 Å². The molecule has 3 aromatic rings. The van der Waals surface area contributed by atoms with Gasteiger partial charge >= 0.3 is 5.63 Å². The highest BCUT2D eigenvalue weighted by Gasteiger charge is 2.09. The van der Waals surface area contributed by atoms with Crippen LogP contribution in [0, 0.1) is 12.7 Å². The molecule has 1 aromatic heterocycles. The van der Waals surface area contributed by atoms with Crippen molar-refractivity contribution in [3.05, 3.63) is 69.3 Å². The quantitative estimate of drug-likeness (QED) is 0.508. The van der Waals surface area contributed by atoms with Gasteiger partial charge in [-0.3, -0.25) is 0 Å². The highest BCUT2D eigenvalue weighted by Crippen LogP contribution is 2.30. The third kappa shape index (κ3) is 3.68. The summed E-state index contributed by atoms with van der Waals surface area (Å²) in [5, 5.41) is 1.18. The molecule has 0 radical (unpaired) electrons. The van der Waals surface area contributed by atoms with Crippen LogP contribution in [0.1, 0.15) is 5.56 Å².